The highest BCUT2D eigenvalue weighted by molar-refractivity contribution is 7.85. The lowest BCUT2D eigenvalue weighted by atomic mass is 9.97. The molecule has 3 nitrogen and oxygen atoms in total. The fourth-order valence-electron chi connectivity index (χ4n) is 2.36. The van der Waals surface area contributed by atoms with Gasteiger partial charge in [0.2, 0.25) is 0 Å². The topological polar surface area (TPSA) is 54.4 Å². The van der Waals surface area contributed by atoms with Gasteiger partial charge in [0.25, 0.3) is 10.1 Å². The molecule has 0 aliphatic carbocycles. The van der Waals surface area contributed by atoms with E-state index in [4.69, 9.17) is 4.55 Å². The van der Waals surface area contributed by atoms with Crippen molar-refractivity contribution in [1.29, 1.82) is 0 Å². The number of aryl methyl sites for hydroxylation is 3. The number of benzene rings is 2. The second kappa shape index (κ2) is 6.33. The van der Waals surface area contributed by atoms with Crippen LogP contribution in [-0.4, -0.2) is 13.0 Å². The lowest BCUT2D eigenvalue weighted by Crippen LogP contribution is -2.10. The van der Waals surface area contributed by atoms with Crippen LogP contribution >= 0.6 is 0 Å². The van der Waals surface area contributed by atoms with Gasteiger partial charge in [-0.15, -0.1) is 0 Å². The van der Waals surface area contributed by atoms with Crippen LogP contribution in [0.15, 0.2) is 47.4 Å². The molecule has 0 spiro atoms. The lowest BCUT2D eigenvalue weighted by Gasteiger charge is -2.13. The molecule has 0 fully saturated rings. The first-order chi connectivity index (χ1) is 10.6. The van der Waals surface area contributed by atoms with Crippen LogP contribution in [0.2, 0.25) is 0 Å². The van der Waals surface area contributed by atoms with E-state index >= 15 is 0 Å². The third-order valence-corrected chi connectivity index (χ3v) is 4.45. The van der Waals surface area contributed by atoms with Crippen LogP contribution in [0.4, 0.5) is 13.2 Å². The highest BCUT2D eigenvalue weighted by atomic mass is 32.2. The largest absolute Gasteiger partial charge is 0.416 e. The standard InChI is InChI=1S/C16H15F3O3S/c1-11-6-9-14(23(20,21)22)10-13(11)8-7-12-4-2-3-5-15(12)16(17,18)19/h2-6,9-10H,7-8H2,1H3,(H,20,21,22). The fraction of sp³-hybridized carbons (Fsp3) is 0.250. The van der Waals surface area contributed by atoms with Gasteiger partial charge in [0.1, 0.15) is 0 Å². The Morgan fingerprint density at radius 2 is 1.61 bits per heavy atom. The molecule has 124 valence electrons. The monoisotopic (exact) mass is 344 g/mol. The molecular weight excluding hydrogens is 329 g/mol. The van der Waals surface area contributed by atoms with Gasteiger partial charge in [0.05, 0.1) is 10.5 Å². The molecule has 0 atom stereocenters. The van der Waals surface area contributed by atoms with Gasteiger partial charge in [-0.05, 0) is 54.7 Å². The molecule has 7 heteroatoms. The molecule has 1 N–H and O–H groups in total. The maximum absolute atomic E-state index is 13.0. The van der Waals surface area contributed by atoms with Crippen molar-refractivity contribution in [3.05, 3.63) is 64.7 Å². The van der Waals surface area contributed by atoms with Crippen molar-refractivity contribution in [1.82, 2.24) is 0 Å². The van der Waals surface area contributed by atoms with Crippen LogP contribution < -0.4 is 0 Å². The summed E-state index contributed by atoms with van der Waals surface area (Å²) in [7, 11) is -4.34. The van der Waals surface area contributed by atoms with Crippen LogP contribution in [-0.2, 0) is 29.1 Å². The van der Waals surface area contributed by atoms with E-state index in [2.05, 4.69) is 0 Å². The normalized spacial score (nSPS) is 12.4. The average molecular weight is 344 g/mol. The Kier molecular flexibility index (Phi) is 4.81. The van der Waals surface area contributed by atoms with Crippen LogP contribution in [0.1, 0.15) is 22.3 Å². The zero-order valence-electron chi connectivity index (χ0n) is 12.3. The van der Waals surface area contributed by atoms with Crippen molar-refractivity contribution < 1.29 is 26.1 Å². The molecule has 2 aromatic rings. The Hall–Kier alpha value is -1.86. The number of halogens is 3. The molecule has 0 unspecified atom stereocenters. The van der Waals surface area contributed by atoms with E-state index in [1.54, 1.807) is 6.92 Å². The van der Waals surface area contributed by atoms with Gasteiger partial charge in [-0.25, -0.2) is 0 Å². The minimum Gasteiger partial charge on any atom is -0.282 e. The van der Waals surface area contributed by atoms with E-state index < -0.39 is 21.9 Å². The van der Waals surface area contributed by atoms with Gasteiger partial charge in [-0.2, -0.15) is 21.6 Å². The van der Waals surface area contributed by atoms with Crippen molar-refractivity contribution in [3.8, 4) is 0 Å². The SMILES string of the molecule is Cc1ccc(S(=O)(=O)O)cc1CCc1ccccc1C(F)(F)F. The zero-order chi connectivity index (χ0) is 17.3. The molecule has 23 heavy (non-hydrogen) atoms. The van der Waals surface area contributed by atoms with Crippen LogP contribution in [0.3, 0.4) is 0 Å². The van der Waals surface area contributed by atoms with Gasteiger partial charge in [0, 0.05) is 0 Å². The van der Waals surface area contributed by atoms with E-state index in [0.29, 0.717) is 5.56 Å². The number of hydrogen-bond donors (Lipinski definition) is 1. The molecule has 0 heterocycles. The first-order valence-electron chi connectivity index (χ1n) is 6.81. The minimum atomic E-state index is -4.43. The van der Waals surface area contributed by atoms with Gasteiger partial charge in [-0.1, -0.05) is 24.3 Å². The Balaban J connectivity index is 2.29. The van der Waals surface area contributed by atoms with E-state index in [1.807, 2.05) is 0 Å². The highest BCUT2D eigenvalue weighted by Crippen LogP contribution is 2.32. The summed E-state index contributed by atoms with van der Waals surface area (Å²) in [5, 5.41) is 0. The van der Waals surface area contributed by atoms with Crippen LogP contribution in [0.25, 0.3) is 0 Å². The van der Waals surface area contributed by atoms with Crippen molar-refractivity contribution >= 4 is 10.1 Å². The molecule has 2 rings (SSSR count). The molecule has 0 bridgehead atoms. The second-order valence-corrected chi connectivity index (χ2v) is 6.64. The lowest BCUT2D eigenvalue weighted by molar-refractivity contribution is -0.138. The summed E-state index contributed by atoms with van der Waals surface area (Å²) in [5.41, 5.74) is 0.791. The van der Waals surface area contributed by atoms with Crippen LogP contribution in [0, 0.1) is 6.92 Å². The van der Waals surface area contributed by atoms with E-state index in [1.165, 1.54) is 36.4 Å². The fourth-order valence-corrected chi connectivity index (χ4v) is 2.89. The summed E-state index contributed by atoms with van der Waals surface area (Å²) in [6.45, 7) is 1.73. The smallest absolute Gasteiger partial charge is 0.282 e. The molecule has 0 saturated carbocycles. The summed E-state index contributed by atoms with van der Waals surface area (Å²) in [5.74, 6) is 0. The summed E-state index contributed by atoms with van der Waals surface area (Å²) in [4.78, 5) is -0.262. The molecule has 0 aliphatic heterocycles. The quantitative estimate of drug-likeness (QED) is 0.852. The average Bonchev–Trinajstić information content (AvgIpc) is 2.44. The van der Waals surface area contributed by atoms with E-state index in [9.17, 15) is 21.6 Å². The molecular formula is C16H15F3O3S. The van der Waals surface area contributed by atoms with E-state index in [-0.39, 0.29) is 23.3 Å². The van der Waals surface area contributed by atoms with Gasteiger partial charge < -0.3 is 0 Å². The summed E-state index contributed by atoms with van der Waals surface area (Å²) in [6.07, 6.45) is -4.07. The third-order valence-electron chi connectivity index (χ3n) is 3.60. The summed E-state index contributed by atoms with van der Waals surface area (Å²) >= 11 is 0. The zero-order valence-corrected chi connectivity index (χ0v) is 13.1. The predicted octanol–water partition coefficient (Wildman–Crippen LogP) is 4.05. The number of rotatable bonds is 4. The molecule has 0 radical (unpaired) electrons. The van der Waals surface area contributed by atoms with Crippen molar-refractivity contribution in [3.63, 3.8) is 0 Å². The first kappa shape index (κ1) is 17.5. The first-order valence-corrected chi connectivity index (χ1v) is 8.25. The Bertz CT molecular complexity index is 812. The molecule has 0 amide bonds. The summed E-state index contributed by atoms with van der Waals surface area (Å²) < 4.78 is 70.3. The number of hydrogen-bond acceptors (Lipinski definition) is 2. The van der Waals surface area contributed by atoms with Crippen LogP contribution in [0.5, 0.6) is 0 Å². The maximum atomic E-state index is 13.0. The van der Waals surface area contributed by atoms with Gasteiger partial charge in [0.15, 0.2) is 0 Å². The Morgan fingerprint density at radius 3 is 2.22 bits per heavy atom. The molecule has 0 aliphatic rings. The highest BCUT2D eigenvalue weighted by Gasteiger charge is 2.32. The maximum Gasteiger partial charge on any atom is 0.416 e. The molecule has 0 aromatic heterocycles. The van der Waals surface area contributed by atoms with Gasteiger partial charge in [-0.3, -0.25) is 4.55 Å². The summed E-state index contributed by atoms with van der Waals surface area (Å²) in [6, 6.07) is 9.37. The minimum absolute atomic E-state index is 0.117. The second-order valence-electron chi connectivity index (χ2n) is 5.22. The molecule has 0 saturated heterocycles. The van der Waals surface area contributed by atoms with Crippen molar-refractivity contribution in [2.75, 3.05) is 0 Å². The van der Waals surface area contributed by atoms with E-state index in [0.717, 1.165) is 11.6 Å². The van der Waals surface area contributed by atoms with Crippen molar-refractivity contribution in [2.24, 2.45) is 0 Å². The van der Waals surface area contributed by atoms with Crippen molar-refractivity contribution in [2.45, 2.75) is 30.8 Å². The Labute approximate surface area is 132 Å². The molecule has 2 aromatic carbocycles. The van der Waals surface area contributed by atoms with Gasteiger partial charge >= 0.3 is 6.18 Å². The Morgan fingerprint density at radius 1 is 1.00 bits per heavy atom. The number of alkyl halides is 3. The third kappa shape index (κ3) is 4.33. The predicted molar refractivity (Wildman–Crippen MR) is 79.8 cm³/mol.